The van der Waals surface area contributed by atoms with Crippen LogP contribution in [0.15, 0.2) is 0 Å². The monoisotopic (exact) mass is 341 g/mol. The van der Waals surface area contributed by atoms with Gasteiger partial charge in [0.05, 0.1) is 26.2 Å². The minimum absolute atomic E-state index is 0.00996. The van der Waals surface area contributed by atoms with Gasteiger partial charge in [-0.25, -0.2) is 9.59 Å². The van der Waals surface area contributed by atoms with E-state index in [1.165, 1.54) is 0 Å². The first-order valence-electron chi connectivity index (χ1n) is 7.00. The number of rotatable bonds is 7. The van der Waals surface area contributed by atoms with Gasteiger partial charge in [-0.1, -0.05) is 0 Å². The van der Waals surface area contributed by atoms with E-state index in [0.717, 1.165) is 11.3 Å². The Kier molecular flexibility index (Phi) is 7.15. The van der Waals surface area contributed by atoms with Crippen LogP contribution < -0.4 is 0 Å². The maximum absolute atomic E-state index is 12.1. The number of carbonyl (C=O) groups is 3. The Balaban J connectivity index is 3.40. The van der Waals surface area contributed by atoms with Gasteiger partial charge >= 0.3 is 22.9 Å². The number of esters is 3. The second-order valence-electron chi connectivity index (χ2n) is 4.11. The van der Waals surface area contributed by atoms with Crippen LogP contribution in [0.3, 0.4) is 0 Å². The number of hydrogen-bond donors (Lipinski definition) is 0. The van der Waals surface area contributed by atoms with Crippen molar-refractivity contribution in [2.75, 3.05) is 19.8 Å². The molecule has 9 heteroatoms. The molecule has 0 aliphatic carbocycles. The molecule has 0 atom stereocenters. The highest BCUT2D eigenvalue weighted by molar-refractivity contribution is 7.18. The van der Waals surface area contributed by atoms with Crippen molar-refractivity contribution in [1.82, 2.24) is 0 Å². The third-order valence-corrected chi connectivity index (χ3v) is 3.74. The molecule has 0 aromatic carbocycles. The molecule has 0 saturated carbocycles. The van der Waals surface area contributed by atoms with Crippen molar-refractivity contribution in [2.24, 2.45) is 0 Å². The van der Waals surface area contributed by atoms with Gasteiger partial charge in [-0.15, -0.1) is 0 Å². The van der Waals surface area contributed by atoms with E-state index in [1.807, 2.05) is 0 Å². The lowest BCUT2D eigenvalue weighted by Crippen LogP contribution is -2.15. The lowest BCUT2D eigenvalue weighted by Gasteiger charge is -2.06. The first kappa shape index (κ1) is 18.6. The van der Waals surface area contributed by atoms with E-state index < -0.39 is 17.9 Å². The molecule has 0 unspecified atom stereocenters. The van der Waals surface area contributed by atoms with Gasteiger partial charge in [0.25, 0.3) is 0 Å². The number of diazo groups is 1. The lowest BCUT2D eigenvalue weighted by atomic mass is 10.1. The SMILES string of the molecule is CCOC(=O)Cc1c(C(=O)OCC)sc([N+]#N)c1C(=O)OCC. The van der Waals surface area contributed by atoms with Crippen molar-refractivity contribution in [3.05, 3.63) is 21.0 Å². The summed E-state index contributed by atoms with van der Waals surface area (Å²) >= 11 is 0.749. The van der Waals surface area contributed by atoms with E-state index in [1.54, 1.807) is 20.8 Å². The normalized spacial score (nSPS) is 9.83. The number of carbonyl (C=O) groups excluding carboxylic acids is 3. The summed E-state index contributed by atoms with van der Waals surface area (Å²) in [6.45, 7) is 5.24. The highest BCUT2D eigenvalue weighted by Crippen LogP contribution is 2.37. The largest absolute Gasteiger partial charge is 0.466 e. The molecule has 0 radical (unpaired) electrons. The van der Waals surface area contributed by atoms with Crippen LogP contribution in [0.25, 0.3) is 4.98 Å². The van der Waals surface area contributed by atoms with Crippen LogP contribution in [0.4, 0.5) is 5.00 Å². The van der Waals surface area contributed by atoms with Crippen molar-refractivity contribution < 1.29 is 28.6 Å². The number of nitrogens with zero attached hydrogens (tertiary/aromatic N) is 2. The zero-order chi connectivity index (χ0) is 17.4. The van der Waals surface area contributed by atoms with Gasteiger partial charge in [-0.05, 0) is 32.1 Å². The predicted molar refractivity (Wildman–Crippen MR) is 81.3 cm³/mol. The van der Waals surface area contributed by atoms with Crippen LogP contribution in [-0.4, -0.2) is 37.7 Å². The Morgan fingerprint density at radius 3 is 2.09 bits per heavy atom. The first-order chi connectivity index (χ1) is 11.0. The average molecular weight is 341 g/mol. The molecule has 0 N–H and O–H groups in total. The minimum Gasteiger partial charge on any atom is -0.466 e. The van der Waals surface area contributed by atoms with Gasteiger partial charge in [0.15, 0.2) is 10.5 Å². The Labute approximate surface area is 137 Å². The fraction of sp³-hybridized carbons (Fsp3) is 0.500. The molecule has 8 nitrogen and oxygen atoms in total. The Morgan fingerprint density at radius 1 is 1.00 bits per heavy atom. The van der Waals surface area contributed by atoms with Gasteiger partial charge in [0, 0.05) is 5.56 Å². The summed E-state index contributed by atoms with van der Waals surface area (Å²) in [5.41, 5.74) is -0.0476. The molecule has 1 heterocycles. The molecule has 0 fully saturated rings. The Hall–Kier alpha value is -2.47. The molecule has 0 bridgehead atoms. The van der Waals surface area contributed by atoms with Crippen LogP contribution in [0.1, 0.15) is 46.4 Å². The molecule has 1 rings (SSSR count). The summed E-state index contributed by atoms with van der Waals surface area (Å²) in [6, 6.07) is 0. The van der Waals surface area contributed by atoms with E-state index in [-0.39, 0.29) is 47.2 Å². The van der Waals surface area contributed by atoms with Gasteiger partial charge in [-0.2, -0.15) is 0 Å². The summed E-state index contributed by atoms with van der Waals surface area (Å²) in [5, 5.41) is 8.96. The second kappa shape index (κ2) is 8.85. The fourth-order valence-corrected chi connectivity index (χ4v) is 2.81. The van der Waals surface area contributed by atoms with Crippen LogP contribution in [-0.2, 0) is 25.4 Å². The van der Waals surface area contributed by atoms with Crippen molar-refractivity contribution in [1.29, 1.82) is 5.39 Å². The smallest absolute Gasteiger partial charge is 0.456 e. The molecule has 0 spiro atoms. The quantitative estimate of drug-likeness (QED) is 0.426. The summed E-state index contributed by atoms with van der Waals surface area (Å²) in [4.78, 5) is 38.9. The summed E-state index contributed by atoms with van der Waals surface area (Å²) < 4.78 is 14.7. The molecule has 1 aromatic rings. The molecule has 124 valence electrons. The van der Waals surface area contributed by atoms with E-state index in [2.05, 4.69) is 4.98 Å². The van der Waals surface area contributed by atoms with E-state index in [4.69, 9.17) is 19.6 Å². The predicted octanol–water partition coefficient (Wildman–Crippen LogP) is 2.69. The fourth-order valence-electron chi connectivity index (χ4n) is 1.82. The maximum Gasteiger partial charge on any atom is 0.456 e. The maximum atomic E-state index is 12.1. The van der Waals surface area contributed by atoms with Gasteiger partial charge in [0.2, 0.25) is 5.39 Å². The number of ether oxygens (including phenoxy) is 3. The minimum atomic E-state index is -0.786. The Bertz CT molecular complexity index is 646. The van der Waals surface area contributed by atoms with Crippen LogP contribution in [0, 0.1) is 5.39 Å². The van der Waals surface area contributed by atoms with Crippen LogP contribution in [0.2, 0.25) is 0 Å². The summed E-state index contributed by atoms with van der Waals surface area (Å²) in [7, 11) is 0. The van der Waals surface area contributed by atoms with Gasteiger partial charge in [-0.3, -0.25) is 4.79 Å². The molecule has 0 aliphatic rings. The van der Waals surface area contributed by atoms with E-state index in [9.17, 15) is 14.4 Å². The van der Waals surface area contributed by atoms with Crippen LogP contribution in [0.5, 0.6) is 0 Å². The zero-order valence-corrected chi connectivity index (χ0v) is 13.9. The topological polar surface area (TPSA) is 107 Å². The molecule has 0 aliphatic heterocycles. The van der Waals surface area contributed by atoms with Crippen molar-refractivity contribution in [2.45, 2.75) is 27.2 Å². The molecule has 0 amide bonds. The zero-order valence-electron chi connectivity index (χ0n) is 13.1. The third kappa shape index (κ3) is 4.50. The lowest BCUT2D eigenvalue weighted by molar-refractivity contribution is -0.142. The standard InChI is InChI=1S/C14H17N2O6S/c1-4-20-9(17)7-8-10(13(18)21-5-2)12(16-15)23-11(8)14(19)22-6-3/h4-7H2,1-3H3/q+1. The second-order valence-corrected chi connectivity index (χ2v) is 5.11. The Morgan fingerprint density at radius 2 is 1.57 bits per heavy atom. The van der Waals surface area contributed by atoms with Gasteiger partial charge < -0.3 is 14.2 Å². The van der Waals surface area contributed by atoms with Crippen molar-refractivity contribution >= 4 is 34.2 Å². The van der Waals surface area contributed by atoms with E-state index >= 15 is 0 Å². The van der Waals surface area contributed by atoms with Crippen molar-refractivity contribution in [3.8, 4) is 0 Å². The number of hydrogen-bond acceptors (Lipinski definition) is 8. The highest BCUT2D eigenvalue weighted by atomic mass is 32.1. The van der Waals surface area contributed by atoms with Crippen LogP contribution >= 0.6 is 11.3 Å². The first-order valence-corrected chi connectivity index (χ1v) is 7.82. The summed E-state index contributed by atoms with van der Waals surface area (Å²) in [6.07, 6.45) is -0.331. The molecule has 1 aromatic heterocycles. The van der Waals surface area contributed by atoms with Gasteiger partial charge in [0.1, 0.15) is 4.88 Å². The molecular weight excluding hydrogens is 324 g/mol. The molecule has 0 saturated heterocycles. The summed E-state index contributed by atoms with van der Waals surface area (Å²) in [5.74, 6) is -2.12. The molecule has 23 heavy (non-hydrogen) atoms. The molecular formula is C14H17N2O6S+. The average Bonchev–Trinajstić information content (AvgIpc) is 2.86. The third-order valence-electron chi connectivity index (χ3n) is 2.65. The highest BCUT2D eigenvalue weighted by Gasteiger charge is 2.36. The van der Waals surface area contributed by atoms with E-state index in [0.29, 0.717) is 0 Å². The number of thiophene rings is 1. The van der Waals surface area contributed by atoms with Crippen molar-refractivity contribution in [3.63, 3.8) is 0 Å².